The van der Waals surface area contributed by atoms with Crippen LogP contribution in [0.15, 0.2) is 58.0 Å². The molecule has 1 aromatic carbocycles. The number of rotatable bonds is 7. The van der Waals surface area contributed by atoms with Crippen LogP contribution in [0.25, 0.3) is 5.69 Å². The van der Waals surface area contributed by atoms with Crippen molar-refractivity contribution < 1.29 is 12.8 Å². The number of aromatic nitrogens is 6. The van der Waals surface area contributed by atoms with Gasteiger partial charge >= 0.3 is 0 Å². The van der Waals surface area contributed by atoms with Gasteiger partial charge < -0.3 is 4.42 Å². The summed E-state index contributed by atoms with van der Waals surface area (Å²) in [5.74, 6) is 1.10. The number of para-hydroxylation sites is 1. The molecule has 4 rings (SSSR count). The van der Waals surface area contributed by atoms with Gasteiger partial charge in [-0.3, -0.25) is 4.68 Å². The van der Waals surface area contributed by atoms with Crippen LogP contribution in [0.4, 0.5) is 0 Å². The average molecular weight is 427 g/mol. The molecule has 3 aromatic heterocycles. The zero-order chi connectivity index (χ0) is 21.3. The second-order valence-corrected chi connectivity index (χ2v) is 8.82. The second kappa shape index (κ2) is 7.84. The summed E-state index contributed by atoms with van der Waals surface area (Å²) in [6, 6.07) is 12.9. The standard InChI is InChI=1S/C19H21N7O3S/c1-14-19(30(27,28)24(3)12-17-10-7-11-29-17)15(2)25(21-14)13-18-20-22-23-26(18)16-8-5-4-6-9-16/h4-11H,12-13H2,1-3H3. The first-order valence-corrected chi connectivity index (χ1v) is 10.7. The third-order valence-electron chi connectivity index (χ3n) is 4.77. The van der Waals surface area contributed by atoms with Gasteiger partial charge in [-0.25, -0.2) is 8.42 Å². The predicted molar refractivity (Wildman–Crippen MR) is 107 cm³/mol. The first-order chi connectivity index (χ1) is 14.4. The molecule has 10 nitrogen and oxygen atoms in total. The van der Waals surface area contributed by atoms with Crippen molar-refractivity contribution in [1.82, 2.24) is 34.3 Å². The Labute approximate surface area is 173 Å². The Hall–Kier alpha value is -3.31. The van der Waals surface area contributed by atoms with Crippen LogP contribution in [0.5, 0.6) is 0 Å². The Balaban J connectivity index is 1.64. The van der Waals surface area contributed by atoms with Gasteiger partial charge in [0.1, 0.15) is 17.2 Å². The number of hydrogen-bond acceptors (Lipinski definition) is 7. The molecule has 30 heavy (non-hydrogen) atoms. The van der Waals surface area contributed by atoms with Gasteiger partial charge in [0.2, 0.25) is 10.0 Å². The summed E-state index contributed by atoms with van der Waals surface area (Å²) in [6.45, 7) is 3.76. The van der Waals surface area contributed by atoms with Gasteiger partial charge in [-0.15, -0.1) is 5.10 Å². The van der Waals surface area contributed by atoms with E-state index in [0.29, 0.717) is 23.0 Å². The van der Waals surface area contributed by atoms with Crippen molar-refractivity contribution >= 4 is 10.0 Å². The minimum absolute atomic E-state index is 0.131. The fourth-order valence-electron chi connectivity index (χ4n) is 3.28. The first-order valence-electron chi connectivity index (χ1n) is 9.23. The highest BCUT2D eigenvalue weighted by Gasteiger charge is 2.29. The Bertz CT molecular complexity index is 1240. The van der Waals surface area contributed by atoms with E-state index in [1.54, 1.807) is 35.3 Å². The highest BCUT2D eigenvalue weighted by atomic mass is 32.2. The molecule has 0 atom stereocenters. The van der Waals surface area contributed by atoms with Crippen LogP contribution in [-0.2, 0) is 23.1 Å². The molecule has 0 fully saturated rings. The third kappa shape index (κ3) is 3.64. The molecule has 0 amide bonds. The largest absolute Gasteiger partial charge is 0.468 e. The van der Waals surface area contributed by atoms with Crippen molar-refractivity contribution in [3.05, 3.63) is 71.7 Å². The van der Waals surface area contributed by atoms with Crippen molar-refractivity contribution in [1.29, 1.82) is 0 Å². The Morgan fingerprint density at radius 3 is 2.57 bits per heavy atom. The van der Waals surface area contributed by atoms with Crippen molar-refractivity contribution in [2.24, 2.45) is 0 Å². The van der Waals surface area contributed by atoms with Crippen LogP contribution in [0.3, 0.4) is 0 Å². The van der Waals surface area contributed by atoms with Gasteiger partial charge in [-0.05, 0) is 48.5 Å². The average Bonchev–Trinajstić information content (AvgIpc) is 3.45. The van der Waals surface area contributed by atoms with Crippen LogP contribution in [0.2, 0.25) is 0 Å². The molecule has 4 aromatic rings. The maximum absolute atomic E-state index is 13.2. The summed E-state index contributed by atoms with van der Waals surface area (Å²) < 4.78 is 36.1. The van der Waals surface area contributed by atoms with Crippen LogP contribution < -0.4 is 0 Å². The highest BCUT2D eigenvalue weighted by molar-refractivity contribution is 7.89. The Morgan fingerprint density at radius 2 is 1.87 bits per heavy atom. The smallest absolute Gasteiger partial charge is 0.246 e. The van der Waals surface area contributed by atoms with Gasteiger partial charge in [0.25, 0.3) is 0 Å². The number of hydrogen-bond donors (Lipinski definition) is 0. The summed E-state index contributed by atoms with van der Waals surface area (Å²) >= 11 is 0. The van der Waals surface area contributed by atoms with E-state index in [4.69, 9.17) is 4.42 Å². The van der Waals surface area contributed by atoms with E-state index < -0.39 is 10.0 Å². The zero-order valence-electron chi connectivity index (χ0n) is 16.8. The summed E-state index contributed by atoms with van der Waals surface area (Å²) in [5.41, 5.74) is 1.74. The Kier molecular flexibility index (Phi) is 5.22. The zero-order valence-corrected chi connectivity index (χ0v) is 17.6. The van der Waals surface area contributed by atoms with Crippen LogP contribution in [-0.4, -0.2) is 49.8 Å². The minimum atomic E-state index is -3.77. The minimum Gasteiger partial charge on any atom is -0.468 e. The Morgan fingerprint density at radius 1 is 1.10 bits per heavy atom. The number of aryl methyl sites for hydroxylation is 1. The molecule has 0 aliphatic carbocycles. The molecule has 3 heterocycles. The molecule has 0 radical (unpaired) electrons. The molecule has 0 N–H and O–H groups in total. The maximum atomic E-state index is 13.2. The number of furan rings is 1. The lowest BCUT2D eigenvalue weighted by Gasteiger charge is -2.16. The highest BCUT2D eigenvalue weighted by Crippen LogP contribution is 2.24. The lowest BCUT2D eigenvalue weighted by atomic mass is 10.3. The van der Waals surface area contributed by atoms with Crippen LogP contribution in [0.1, 0.15) is 23.0 Å². The van der Waals surface area contributed by atoms with E-state index in [1.807, 2.05) is 30.3 Å². The molecule has 0 bridgehead atoms. The molecule has 156 valence electrons. The monoisotopic (exact) mass is 427 g/mol. The number of sulfonamides is 1. The van der Waals surface area contributed by atoms with Crippen molar-refractivity contribution in [2.45, 2.75) is 31.8 Å². The molecule has 0 saturated carbocycles. The number of nitrogens with zero attached hydrogens (tertiary/aromatic N) is 7. The summed E-state index contributed by atoms with van der Waals surface area (Å²) in [6.07, 6.45) is 1.52. The van der Waals surface area contributed by atoms with Gasteiger partial charge in [0.05, 0.1) is 29.9 Å². The summed E-state index contributed by atoms with van der Waals surface area (Å²) in [7, 11) is -2.25. The van der Waals surface area contributed by atoms with Crippen LogP contribution in [0, 0.1) is 13.8 Å². The fourth-order valence-corrected chi connectivity index (χ4v) is 4.78. The van der Waals surface area contributed by atoms with Crippen molar-refractivity contribution in [2.75, 3.05) is 7.05 Å². The van der Waals surface area contributed by atoms with E-state index in [0.717, 1.165) is 5.69 Å². The van der Waals surface area contributed by atoms with E-state index in [-0.39, 0.29) is 18.0 Å². The van der Waals surface area contributed by atoms with E-state index in [2.05, 4.69) is 20.6 Å². The SMILES string of the molecule is Cc1nn(Cc2nnnn2-c2ccccc2)c(C)c1S(=O)(=O)N(C)Cc1ccco1. The third-order valence-corrected chi connectivity index (χ3v) is 6.82. The molecule has 0 spiro atoms. The first kappa shape index (κ1) is 20.0. The molecule has 11 heteroatoms. The molecular formula is C19H21N7O3S. The molecule has 0 unspecified atom stereocenters. The normalized spacial score (nSPS) is 12.0. The van der Waals surface area contributed by atoms with Gasteiger partial charge in [-0.2, -0.15) is 14.1 Å². The second-order valence-electron chi connectivity index (χ2n) is 6.84. The fraction of sp³-hybridized carbons (Fsp3) is 0.263. The molecule has 0 saturated heterocycles. The predicted octanol–water partition coefficient (Wildman–Crippen LogP) is 1.94. The number of benzene rings is 1. The number of tetrazole rings is 1. The summed E-state index contributed by atoms with van der Waals surface area (Å²) in [4.78, 5) is 0.176. The van der Waals surface area contributed by atoms with Crippen LogP contribution >= 0.6 is 0 Å². The van der Waals surface area contributed by atoms with Gasteiger partial charge in [0, 0.05) is 7.05 Å². The summed E-state index contributed by atoms with van der Waals surface area (Å²) in [5, 5.41) is 16.3. The topological polar surface area (TPSA) is 112 Å². The lowest BCUT2D eigenvalue weighted by Crippen LogP contribution is -2.27. The van der Waals surface area contributed by atoms with E-state index in [9.17, 15) is 8.42 Å². The molecule has 0 aliphatic rings. The van der Waals surface area contributed by atoms with Crippen molar-refractivity contribution in [3.8, 4) is 5.69 Å². The lowest BCUT2D eigenvalue weighted by molar-refractivity contribution is 0.406. The maximum Gasteiger partial charge on any atom is 0.246 e. The molecule has 0 aliphatic heterocycles. The molecular weight excluding hydrogens is 406 g/mol. The van der Waals surface area contributed by atoms with Gasteiger partial charge in [0.15, 0.2) is 5.82 Å². The van der Waals surface area contributed by atoms with Gasteiger partial charge in [-0.1, -0.05) is 18.2 Å². The van der Waals surface area contributed by atoms with E-state index in [1.165, 1.54) is 17.6 Å². The van der Waals surface area contributed by atoms with E-state index >= 15 is 0 Å². The quantitative estimate of drug-likeness (QED) is 0.443. The van der Waals surface area contributed by atoms with Crippen molar-refractivity contribution in [3.63, 3.8) is 0 Å².